The van der Waals surface area contributed by atoms with Crippen LogP contribution in [0.4, 0.5) is 5.69 Å². The van der Waals surface area contributed by atoms with E-state index in [1.807, 2.05) is 12.1 Å². The van der Waals surface area contributed by atoms with Gasteiger partial charge in [-0.2, -0.15) is 0 Å². The Balaban J connectivity index is 2.14. The maximum atomic E-state index is 12.6. The lowest BCUT2D eigenvalue weighted by atomic mass is 9.76. The van der Waals surface area contributed by atoms with Gasteiger partial charge in [-0.15, -0.1) is 0 Å². The topological polar surface area (TPSA) is 54.0 Å². The predicted octanol–water partition coefficient (Wildman–Crippen LogP) is 2.95. The van der Waals surface area contributed by atoms with Gasteiger partial charge in [-0.1, -0.05) is 13.3 Å². The van der Waals surface area contributed by atoms with Crippen LogP contribution in [-0.4, -0.2) is 24.0 Å². The lowest BCUT2D eigenvalue weighted by Gasteiger charge is -2.36. The Labute approximate surface area is 122 Å². The highest BCUT2D eigenvalue weighted by Crippen LogP contribution is 2.33. The molecule has 1 saturated heterocycles. The van der Waals surface area contributed by atoms with Crippen molar-refractivity contribution in [1.29, 1.82) is 0 Å². The second kappa shape index (κ2) is 6.48. The Morgan fingerprint density at radius 3 is 3.11 bits per heavy atom. The number of carbonyl (C=O) groups is 1. The van der Waals surface area contributed by atoms with Gasteiger partial charge in [-0.05, 0) is 53.9 Å². The SMILES string of the molecule is CCCC1(C(=O)Nc2cccnc2Br)CCCNC1. The van der Waals surface area contributed by atoms with Gasteiger partial charge in [-0.25, -0.2) is 4.98 Å². The zero-order valence-corrected chi connectivity index (χ0v) is 12.8. The van der Waals surface area contributed by atoms with E-state index in [4.69, 9.17) is 0 Å². The number of hydrogen-bond acceptors (Lipinski definition) is 3. The van der Waals surface area contributed by atoms with Crippen LogP contribution in [0, 0.1) is 5.41 Å². The molecule has 1 aliphatic heterocycles. The highest BCUT2D eigenvalue weighted by molar-refractivity contribution is 9.10. The summed E-state index contributed by atoms with van der Waals surface area (Å²) in [5, 5.41) is 6.37. The van der Waals surface area contributed by atoms with Gasteiger partial charge in [0, 0.05) is 12.7 Å². The summed E-state index contributed by atoms with van der Waals surface area (Å²) in [6, 6.07) is 3.69. The predicted molar refractivity (Wildman–Crippen MR) is 80.0 cm³/mol. The average Bonchev–Trinajstić information content (AvgIpc) is 2.42. The number of hydrogen-bond donors (Lipinski definition) is 2. The first-order chi connectivity index (χ1) is 9.18. The fraction of sp³-hybridized carbons (Fsp3) is 0.571. The fourth-order valence-electron chi connectivity index (χ4n) is 2.70. The Morgan fingerprint density at radius 1 is 1.63 bits per heavy atom. The molecule has 1 amide bonds. The number of piperidine rings is 1. The molecule has 2 rings (SSSR count). The second-order valence-corrected chi connectivity index (χ2v) is 5.86. The van der Waals surface area contributed by atoms with Crippen molar-refractivity contribution in [2.75, 3.05) is 18.4 Å². The minimum atomic E-state index is -0.276. The number of rotatable bonds is 4. The maximum absolute atomic E-state index is 12.6. The molecule has 2 N–H and O–H groups in total. The molecule has 4 nitrogen and oxygen atoms in total. The molecule has 1 fully saturated rings. The Bertz CT molecular complexity index is 439. The molecule has 1 aromatic rings. The number of halogens is 1. The summed E-state index contributed by atoms with van der Waals surface area (Å²) in [5.74, 6) is 0.107. The van der Waals surface area contributed by atoms with Crippen molar-refractivity contribution in [3.63, 3.8) is 0 Å². The van der Waals surface area contributed by atoms with E-state index in [2.05, 4.69) is 38.5 Å². The molecule has 0 radical (unpaired) electrons. The average molecular weight is 326 g/mol. The molecule has 104 valence electrons. The number of nitrogens with one attached hydrogen (secondary N) is 2. The van der Waals surface area contributed by atoms with E-state index >= 15 is 0 Å². The van der Waals surface area contributed by atoms with Crippen LogP contribution in [0.3, 0.4) is 0 Å². The maximum Gasteiger partial charge on any atom is 0.231 e. The van der Waals surface area contributed by atoms with Crippen LogP contribution in [0.25, 0.3) is 0 Å². The molecule has 1 aromatic heterocycles. The van der Waals surface area contributed by atoms with Gasteiger partial charge in [-0.3, -0.25) is 4.79 Å². The molecule has 19 heavy (non-hydrogen) atoms. The Kier molecular flexibility index (Phi) is 4.93. The van der Waals surface area contributed by atoms with Crippen LogP contribution in [0.1, 0.15) is 32.6 Å². The lowest BCUT2D eigenvalue weighted by molar-refractivity contribution is -0.127. The number of nitrogens with zero attached hydrogens (tertiary/aromatic N) is 1. The monoisotopic (exact) mass is 325 g/mol. The third-order valence-electron chi connectivity index (χ3n) is 3.69. The van der Waals surface area contributed by atoms with Crippen molar-refractivity contribution in [3.8, 4) is 0 Å². The van der Waals surface area contributed by atoms with Crippen molar-refractivity contribution in [3.05, 3.63) is 22.9 Å². The zero-order chi connectivity index (χ0) is 13.7. The van der Waals surface area contributed by atoms with Gasteiger partial charge in [0.15, 0.2) is 0 Å². The Hall–Kier alpha value is -0.940. The third-order valence-corrected chi connectivity index (χ3v) is 4.32. The standard InChI is InChI=1S/C14H20BrN3O/c1-2-6-14(7-4-8-16-10-14)13(19)18-11-5-3-9-17-12(11)15/h3,5,9,16H,2,4,6-8,10H2,1H3,(H,18,19). The molecule has 5 heteroatoms. The van der Waals surface area contributed by atoms with E-state index in [1.54, 1.807) is 6.20 Å². The largest absolute Gasteiger partial charge is 0.323 e. The first-order valence-corrected chi connectivity index (χ1v) is 7.60. The van der Waals surface area contributed by atoms with Gasteiger partial charge in [0.2, 0.25) is 5.91 Å². The van der Waals surface area contributed by atoms with E-state index in [0.717, 1.165) is 44.5 Å². The normalized spacial score (nSPS) is 23.1. The van der Waals surface area contributed by atoms with Crippen molar-refractivity contribution < 1.29 is 4.79 Å². The summed E-state index contributed by atoms with van der Waals surface area (Å²) in [4.78, 5) is 16.8. The molecule has 0 spiro atoms. The van der Waals surface area contributed by atoms with Crippen LogP contribution in [-0.2, 0) is 4.79 Å². The van der Waals surface area contributed by atoms with Gasteiger partial charge in [0.05, 0.1) is 11.1 Å². The molecule has 1 aliphatic rings. The van der Waals surface area contributed by atoms with Crippen LogP contribution in [0.5, 0.6) is 0 Å². The van der Waals surface area contributed by atoms with Crippen molar-refractivity contribution in [2.45, 2.75) is 32.6 Å². The minimum absolute atomic E-state index is 0.107. The number of carbonyl (C=O) groups excluding carboxylic acids is 1. The van der Waals surface area contributed by atoms with Gasteiger partial charge >= 0.3 is 0 Å². The number of aromatic nitrogens is 1. The number of amides is 1. The van der Waals surface area contributed by atoms with E-state index in [1.165, 1.54) is 0 Å². The number of pyridine rings is 1. The molecule has 2 heterocycles. The number of anilines is 1. The summed E-state index contributed by atoms with van der Waals surface area (Å²) in [6.45, 7) is 3.91. The molecule has 1 unspecified atom stereocenters. The summed E-state index contributed by atoms with van der Waals surface area (Å²) in [6.07, 6.45) is 5.65. The van der Waals surface area contributed by atoms with Crippen LogP contribution in [0.2, 0.25) is 0 Å². The highest BCUT2D eigenvalue weighted by atomic mass is 79.9. The molecule has 1 atom stereocenters. The first kappa shape index (κ1) is 14.5. The van der Waals surface area contributed by atoms with Crippen molar-refractivity contribution >= 4 is 27.5 Å². The molecule has 0 saturated carbocycles. The van der Waals surface area contributed by atoms with E-state index in [-0.39, 0.29) is 11.3 Å². The quantitative estimate of drug-likeness (QED) is 0.837. The molecular weight excluding hydrogens is 306 g/mol. The smallest absolute Gasteiger partial charge is 0.231 e. The van der Waals surface area contributed by atoms with E-state index in [0.29, 0.717) is 4.60 Å². The highest BCUT2D eigenvalue weighted by Gasteiger charge is 2.38. The van der Waals surface area contributed by atoms with E-state index < -0.39 is 0 Å². The molecular formula is C14H20BrN3O. The summed E-state index contributed by atoms with van der Waals surface area (Å²) in [7, 11) is 0. The summed E-state index contributed by atoms with van der Waals surface area (Å²) < 4.78 is 0.679. The van der Waals surface area contributed by atoms with Crippen molar-refractivity contribution in [2.24, 2.45) is 5.41 Å². The van der Waals surface area contributed by atoms with E-state index in [9.17, 15) is 4.79 Å². The Morgan fingerprint density at radius 2 is 2.47 bits per heavy atom. The second-order valence-electron chi connectivity index (χ2n) is 5.11. The van der Waals surface area contributed by atoms with Crippen LogP contribution in [0.15, 0.2) is 22.9 Å². The van der Waals surface area contributed by atoms with Gasteiger partial charge in [0.1, 0.15) is 4.60 Å². The first-order valence-electron chi connectivity index (χ1n) is 6.81. The van der Waals surface area contributed by atoms with Crippen LogP contribution >= 0.6 is 15.9 Å². The summed E-state index contributed by atoms with van der Waals surface area (Å²) in [5.41, 5.74) is 0.469. The lowest BCUT2D eigenvalue weighted by Crippen LogP contribution is -2.48. The molecule has 0 aromatic carbocycles. The molecule has 0 aliphatic carbocycles. The van der Waals surface area contributed by atoms with Crippen LogP contribution < -0.4 is 10.6 Å². The van der Waals surface area contributed by atoms with Gasteiger partial charge in [0.25, 0.3) is 0 Å². The van der Waals surface area contributed by atoms with Crippen molar-refractivity contribution in [1.82, 2.24) is 10.3 Å². The zero-order valence-electron chi connectivity index (χ0n) is 11.2. The van der Waals surface area contributed by atoms with Gasteiger partial charge < -0.3 is 10.6 Å². The third kappa shape index (κ3) is 3.34. The minimum Gasteiger partial charge on any atom is -0.323 e. The fourth-order valence-corrected chi connectivity index (χ4v) is 3.05. The molecule has 0 bridgehead atoms. The summed E-state index contributed by atoms with van der Waals surface area (Å²) >= 11 is 3.36.